The minimum atomic E-state index is -0.513. The van der Waals surface area contributed by atoms with Crippen LogP contribution in [0.1, 0.15) is 49.9 Å². The zero-order valence-corrected chi connectivity index (χ0v) is 14.3. The molecule has 116 valence electrons. The van der Waals surface area contributed by atoms with Gasteiger partial charge in [0.15, 0.2) is 5.78 Å². The van der Waals surface area contributed by atoms with E-state index in [-0.39, 0.29) is 24.0 Å². The molecule has 1 atom stereocenters. The van der Waals surface area contributed by atoms with Crippen molar-refractivity contribution in [2.75, 3.05) is 0 Å². The van der Waals surface area contributed by atoms with Gasteiger partial charge in [-0.2, -0.15) is 5.10 Å². The van der Waals surface area contributed by atoms with Crippen LogP contribution in [0.25, 0.3) is 0 Å². The van der Waals surface area contributed by atoms with Crippen LogP contribution in [-0.4, -0.2) is 33.5 Å². The third-order valence-corrected chi connectivity index (χ3v) is 4.21. The Morgan fingerprint density at radius 3 is 2.73 bits per heavy atom. The lowest BCUT2D eigenvalue weighted by Crippen LogP contribution is -2.35. The highest BCUT2D eigenvalue weighted by Gasteiger charge is 2.30. The van der Waals surface area contributed by atoms with Crippen LogP contribution in [0, 0.1) is 5.41 Å². The summed E-state index contributed by atoms with van der Waals surface area (Å²) in [5.74, 6) is -0.216. The normalized spacial score (nSPS) is 17.0. The number of ketones is 1. The van der Waals surface area contributed by atoms with Crippen LogP contribution in [0.3, 0.4) is 0 Å². The Balaban J connectivity index is 2.54. The molecule has 22 heavy (non-hydrogen) atoms. The lowest BCUT2D eigenvalue weighted by atomic mass is 9.94. The van der Waals surface area contributed by atoms with Gasteiger partial charge in [0, 0.05) is 23.6 Å². The molecule has 0 saturated carbocycles. The van der Waals surface area contributed by atoms with Gasteiger partial charge in [-0.25, -0.2) is 0 Å². The molecule has 2 rings (SSSR count). The average Bonchev–Trinajstić information content (AvgIpc) is 2.52. The molecule has 5 nitrogen and oxygen atoms in total. The molecule has 1 heterocycles. The predicted octanol–water partition coefficient (Wildman–Crippen LogP) is 3.05. The molecule has 1 aliphatic heterocycles. The second kappa shape index (κ2) is 6.52. The first-order chi connectivity index (χ1) is 10.4. The summed E-state index contributed by atoms with van der Waals surface area (Å²) in [5.41, 5.74) is 2.08. The number of benzene rings is 1. The fourth-order valence-corrected chi connectivity index (χ4v) is 2.97. The molecule has 0 spiro atoms. The first-order valence-electron chi connectivity index (χ1n) is 7.14. The van der Waals surface area contributed by atoms with Crippen LogP contribution in [0.15, 0.2) is 23.3 Å². The van der Waals surface area contributed by atoms with E-state index in [1.807, 2.05) is 13.8 Å². The van der Waals surface area contributed by atoms with Crippen molar-refractivity contribution in [1.29, 1.82) is 5.41 Å². The molecule has 0 amide bonds. The maximum atomic E-state index is 11.7. The van der Waals surface area contributed by atoms with Gasteiger partial charge in [-0.05, 0) is 41.4 Å². The Bertz CT molecular complexity index is 667. The molecule has 0 saturated heterocycles. The Morgan fingerprint density at radius 2 is 2.18 bits per heavy atom. The molecule has 0 bridgehead atoms. The topological polar surface area (TPSA) is 73.6 Å². The second-order valence-electron chi connectivity index (χ2n) is 5.40. The number of aldehydes is 1. The molecule has 1 unspecified atom stereocenters. The van der Waals surface area contributed by atoms with Gasteiger partial charge in [0.25, 0.3) is 0 Å². The number of halogens is 1. The largest absolute Gasteiger partial charge is 0.301 e. The number of carbonyl (C=O) groups is 2. The quantitative estimate of drug-likeness (QED) is 0.645. The monoisotopic (exact) mass is 363 g/mol. The Kier molecular flexibility index (Phi) is 4.90. The van der Waals surface area contributed by atoms with E-state index in [9.17, 15) is 9.59 Å². The van der Waals surface area contributed by atoms with E-state index in [2.05, 4.69) is 21.0 Å². The lowest BCUT2D eigenvalue weighted by molar-refractivity contribution is -0.113. The van der Waals surface area contributed by atoms with E-state index in [1.54, 1.807) is 30.1 Å². The van der Waals surface area contributed by atoms with Crippen molar-refractivity contribution in [2.45, 2.75) is 39.3 Å². The molecule has 0 radical (unpaired) electrons. The lowest BCUT2D eigenvalue weighted by Gasteiger charge is -2.34. The number of hydrogen-bond acceptors (Lipinski definition) is 5. The van der Waals surface area contributed by atoms with Crippen LogP contribution < -0.4 is 0 Å². The van der Waals surface area contributed by atoms with Gasteiger partial charge in [0.2, 0.25) is 0 Å². The zero-order valence-electron chi connectivity index (χ0n) is 12.8. The molecular formula is C16H18BrN3O2. The molecule has 0 aliphatic carbocycles. The summed E-state index contributed by atoms with van der Waals surface area (Å²) in [4.78, 5) is 23.3. The molecule has 1 aliphatic rings. The fourth-order valence-electron chi connectivity index (χ4n) is 2.42. The van der Waals surface area contributed by atoms with E-state index in [4.69, 9.17) is 5.41 Å². The van der Waals surface area contributed by atoms with Gasteiger partial charge in [-0.15, -0.1) is 0 Å². The summed E-state index contributed by atoms with van der Waals surface area (Å²) in [6.45, 7) is 5.64. The highest BCUT2D eigenvalue weighted by atomic mass is 79.9. The van der Waals surface area contributed by atoms with Crippen molar-refractivity contribution in [3.63, 3.8) is 0 Å². The van der Waals surface area contributed by atoms with E-state index in [0.717, 1.165) is 17.4 Å². The van der Waals surface area contributed by atoms with Gasteiger partial charge < -0.3 is 4.79 Å². The van der Waals surface area contributed by atoms with E-state index >= 15 is 0 Å². The molecule has 1 aromatic carbocycles. The van der Waals surface area contributed by atoms with Crippen LogP contribution in [-0.2, 0) is 9.59 Å². The summed E-state index contributed by atoms with van der Waals surface area (Å²) in [6.07, 6.45) is 1.13. The maximum absolute atomic E-state index is 11.7. The van der Waals surface area contributed by atoms with Crippen LogP contribution in [0.2, 0.25) is 0 Å². The number of nitrogens with zero attached hydrogens (tertiary/aromatic N) is 2. The number of fused-ring (bicyclic) bond motifs is 1. The number of nitrogens with one attached hydrogen (secondary N) is 1. The number of hydrazone groups is 1. The third kappa shape index (κ3) is 2.88. The molecular weight excluding hydrogens is 346 g/mol. The first-order valence-corrected chi connectivity index (χ1v) is 7.94. The second-order valence-corrected chi connectivity index (χ2v) is 6.15. The summed E-state index contributed by atoms with van der Waals surface area (Å²) in [7, 11) is 0. The van der Waals surface area contributed by atoms with Gasteiger partial charge in [0.05, 0.1) is 0 Å². The number of rotatable bonds is 5. The standard InChI is InChI=1S/C16H18BrN3O2/c1-4-14(22)15(18)10-5-6-11-12(7-10)13(8-21)20(9(2)3)19-16(11)17/h5-9,13,18H,4H2,1-3H3. The Hall–Kier alpha value is -1.82. The van der Waals surface area contributed by atoms with Gasteiger partial charge in [0.1, 0.15) is 22.7 Å². The molecule has 0 fully saturated rings. The minimum Gasteiger partial charge on any atom is -0.301 e. The summed E-state index contributed by atoms with van der Waals surface area (Å²) in [5, 5.41) is 14.1. The summed E-state index contributed by atoms with van der Waals surface area (Å²) < 4.78 is 0.647. The van der Waals surface area contributed by atoms with Crippen molar-refractivity contribution in [1.82, 2.24) is 5.01 Å². The predicted molar refractivity (Wildman–Crippen MR) is 89.8 cm³/mol. The highest BCUT2D eigenvalue weighted by Crippen LogP contribution is 2.32. The van der Waals surface area contributed by atoms with Crippen molar-refractivity contribution in [3.05, 3.63) is 34.9 Å². The zero-order chi connectivity index (χ0) is 16.4. The Morgan fingerprint density at radius 1 is 1.50 bits per heavy atom. The van der Waals surface area contributed by atoms with E-state index in [0.29, 0.717) is 10.2 Å². The maximum Gasteiger partial charge on any atom is 0.180 e. The SMILES string of the molecule is CCC(=O)C(=N)c1ccc2c(c1)C(C=O)N(C(C)C)N=C2Br. The highest BCUT2D eigenvalue weighted by molar-refractivity contribution is 9.18. The molecule has 1 N–H and O–H groups in total. The third-order valence-electron chi connectivity index (χ3n) is 3.63. The summed E-state index contributed by atoms with van der Waals surface area (Å²) in [6, 6.07) is 4.80. The van der Waals surface area contributed by atoms with Crippen molar-refractivity contribution < 1.29 is 9.59 Å². The Labute approximate surface area is 138 Å². The number of carbonyl (C=O) groups excluding carboxylic acids is 2. The van der Waals surface area contributed by atoms with Crippen molar-refractivity contribution >= 4 is 38.3 Å². The minimum absolute atomic E-state index is 0.0234. The van der Waals surface area contributed by atoms with Gasteiger partial charge >= 0.3 is 0 Å². The smallest absolute Gasteiger partial charge is 0.180 e. The number of Topliss-reactive ketones (excluding diaryl/α,β-unsaturated/α-hetero) is 1. The van der Waals surface area contributed by atoms with Crippen molar-refractivity contribution in [2.24, 2.45) is 5.10 Å². The number of hydrogen-bond donors (Lipinski definition) is 1. The fraction of sp³-hybridized carbons (Fsp3) is 0.375. The first kappa shape index (κ1) is 16.5. The molecule has 6 heteroatoms. The molecule has 0 aromatic heterocycles. The van der Waals surface area contributed by atoms with Crippen LogP contribution in [0.4, 0.5) is 0 Å². The van der Waals surface area contributed by atoms with E-state index in [1.165, 1.54) is 0 Å². The average molecular weight is 364 g/mol. The van der Waals surface area contributed by atoms with E-state index < -0.39 is 6.04 Å². The van der Waals surface area contributed by atoms with Gasteiger partial charge in [-0.1, -0.05) is 19.1 Å². The van der Waals surface area contributed by atoms with Crippen LogP contribution in [0.5, 0.6) is 0 Å². The molecule has 1 aromatic rings. The van der Waals surface area contributed by atoms with Crippen LogP contribution >= 0.6 is 15.9 Å². The summed E-state index contributed by atoms with van der Waals surface area (Å²) >= 11 is 3.43. The van der Waals surface area contributed by atoms with Crippen molar-refractivity contribution in [3.8, 4) is 0 Å². The van der Waals surface area contributed by atoms with Gasteiger partial charge in [-0.3, -0.25) is 15.2 Å².